The first-order valence-electron chi connectivity index (χ1n) is 4.37. The number of aryl methyl sites for hydroxylation is 2. The van der Waals surface area contributed by atoms with Gasteiger partial charge in [-0.15, -0.1) is 0 Å². The molecule has 0 saturated carbocycles. The predicted molar refractivity (Wildman–Crippen MR) is 78.1 cm³/mol. The van der Waals surface area contributed by atoms with Crippen molar-refractivity contribution in [3.8, 4) is 0 Å². The summed E-state index contributed by atoms with van der Waals surface area (Å²) < 4.78 is 8.00. The van der Waals surface area contributed by atoms with Gasteiger partial charge in [0, 0.05) is 0 Å². The van der Waals surface area contributed by atoms with Crippen molar-refractivity contribution in [1.82, 2.24) is 0 Å². The van der Waals surface area contributed by atoms with Gasteiger partial charge in [0.15, 0.2) is 0 Å². The molecule has 3 heterocycles. The van der Waals surface area contributed by atoms with E-state index in [0.717, 1.165) is 0 Å². The number of fused-ring (bicyclic) bond motifs is 3. The summed E-state index contributed by atoms with van der Waals surface area (Å²) in [6.45, 7) is 2.22. The first kappa shape index (κ1) is 11.2. The first-order valence-corrected chi connectivity index (χ1v) is 15.0. The standard InChI is InChI=1S/C10H8I2S3/c1-5-3-6-9(13-5)10-7(15(6)2)4-8(12-11)14-10/h3-4H,1-2H3. The summed E-state index contributed by atoms with van der Waals surface area (Å²) in [5.41, 5.74) is 0. The Hall–Kier alpha value is 1.08. The summed E-state index contributed by atoms with van der Waals surface area (Å²) in [6.07, 6.45) is 2.37. The monoisotopic (exact) mass is 478 g/mol. The van der Waals surface area contributed by atoms with Crippen LogP contribution in [0.2, 0.25) is 0 Å². The van der Waals surface area contributed by atoms with Gasteiger partial charge in [-0.1, -0.05) is 0 Å². The van der Waals surface area contributed by atoms with Gasteiger partial charge in [0.2, 0.25) is 0 Å². The zero-order valence-electron chi connectivity index (χ0n) is 8.14. The third kappa shape index (κ3) is 1.69. The fourth-order valence-electron chi connectivity index (χ4n) is 1.76. The average molecular weight is 478 g/mol. The van der Waals surface area contributed by atoms with Crippen molar-refractivity contribution >= 4 is 70.6 Å². The van der Waals surface area contributed by atoms with E-state index in [-0.39, 0.29) is 17.2 Å². The summed E-state index contributed by atoms with van der Waals surface area (Å²) >= 11 is 6.81. The molecular weight excluding hydrogens is 470 g/mol. The summed E-state index contributed by atoms with van der Waals surface area (Å²) in [7, 11) is 0.352. The maximum atomic E-state index is 2.56. The molecule has 0 saturated heterocycles. The van der Waals surface area contributed by atoms with Crippen LogP contribution >= 0.6 is 51.8 Å². The summed E-state index contributed by atoms with van der Waals surface area (Å²) in [5.74, 6) is 0. The van der Waals surface area contributed by atoms with Gasteiger partial charge in [0.1, 0.15) is 0 Å². The van der Waals surface area contributed by atoms with Crippen molar-refractivity contribution in [2.75, 3.05) is 0 Å². The number of rotatable bonds is 1. The Labute approximate surface area is 119 Å². The molecule has 0 amide bonds. The minimum absolute atomic E-state index is 0.236. The summed E-state index contributed by atoms with van der Waals surface area (Å²) in [5, 5.41) is 0. The van der Waals surface area contributed by atoms with E-state index >= 15 is 0 Å². The number of thiophene rings is 3. The van der Waals surface area contributed by atoms with Crippen LogP contribution in [0, 0.1) is 9.81 Å². The van der Waals surface area contributed by atoms with E-state index in [9.17, 15) is 0 Å². The van der Waals surface area contributed by atoms with Gasteiger partial charge in [-0.25, -0.2) is 0 Å². The topological polar surface area (TPSA) is 0 Å². The van der Waals surface area contributed by atoms with Crippen molar-refractivity contribution in [3.05, 3.63) is 19.9 Å². The fraction of sp³-hybridized carbons (Fsp3) is 0.200. The normalized spacial score (nSPS) is 13.4. The molecule has 15 heavy (non-hydrogen) atoms. The molecule has 0 radical (unpaired) electrons. The van der Waals surface area contributed by atoms with Gasteiger partial charge in [0.25, 0.3) is 0 Å². The van der Waals surface area contributed by atoms with Crippen molar-refractivity contribution in [2.45, 2.75) is 6.92 Å². The first-order chi connectivity index (χ1) is 7.20. The van der Waals surface area contributed by atoms with Crippen LogP contribution < -0.4 is 17.2 Å². The molecule has 0 spiro atoms. The second-order valence-corrected chi connectivity index (χ2v) is 12.6. The van der Waals surface area contributed by atoms with Crippen LogP contribution in [0.3, 0.4) is 0 Å². The molecular formula is C10H8I2S3. The van der Waals surface area contributed by atoms with Crippen molar-refractivity contribution in [3.63, 3.8) is 0 Å². The van der Waals surface area contributed by atoms with Gasteiger partial charge >= 0.3 is 121 Å². The van der Waals surface area contributed by atoms with Crippen molar-refractivity contribution in [2.24, 2.45) is 6.26 Å². The Bertz CT molecular complexity index is 644. The van der Waals surface area contributed by atoms with Crippen LogP contribution in [0.5, 0.6) is 0 Å². The molecule has 0 aliphatic rings. The Morgan fingerprint density at radius 3 is 2.60 bits per heavy atom. The van der Waals surface area contributed by atoms with Gasteiger partial charge in [0.05, 0.1) is 0 Å². The molecule has 0 aliphatic heterocycles. The van der Waals surface area contributed by atoms with Crippen LogP contribution in [0.4, 0.5) is 0 Å². The van der Waals surface area contributed by atoms with Crippen molar-refractivity contribution < 1.29 is 17.2 Å². The van der Waals surface area contributed by atoms with E-state index in [1.807, 2.05) is 22.7 Å². The quantitative estimate of drug-likeness (QED) is 0.372. The van der Waals surface area contributed by atoms with E-state index in [1.165, 1.54) is 4.88 Å². The maximum absolute atomic E-state index is 2.56. The summed E-state index contributed by atoms with van der Waals surface area (Å²) in [4.78, 5) is 1.46. The average Bonchev–Trinajstić information content (AvgIpc) is 2.83. The van der Waals surface area contributed by atoms with Gasteiger partial charge in [-0.2, -0.15) is 0 Å². The summed E-state index contributed by atoms with van der Waals surface area (Å²) in [6, 6.07) is 4.85. The number of halogens is 2. The molecule has 0 N–H and O–H groups in total. The molecule has 0 nitrogen and oxygen atoms in total. The number of hydrogen-bond acceptors (Lipinski definition) is 2. The molecule has 80 valence electrons. The Morgan fingerprint density at radius 2 is 1.87 bits per heavy atom. The zero-order chi connectivity index (χ0) is 10.6. The van der Waals surface area contributed by atoms with Crippen LogP contribution in [0.15, 0.2) is 12.1 Å². The molecule has 0 bridgehead atoms. The van der Waals surface area contributed by atoms with E-state index in [4.69, 9.17) is 0 Å². The molecule has 5 heteroatoms. The second kappa shape index (κ2) is 4.08. The minimum atomic E-state index is 0.236. The fourth-order valence-corrected chi connectivity index (χ4v) is 10.6. The third-order valence-corrected chi connectivity index (χ3v) is 13.5. The van der Waals surface area contributed by atoms with Crippen LogP contribution in [0.25, 0.3) is 18.8 Å². The molecule has 1 atom stereocenters. The third-order valence-electron chi connectivity index (χ3n) is 2.43. The molecule has 0 fully saturated rings. The predicted octanol–water partition coefficient (Wildman–Crippen LogP) is 2.32. The Balaban J connectivity index is 2.49. The Morgan fingerprint density at radius 1 is 1.20 bits per heavy atom. The molecule has 1 unspecified atom stereocenters. The van der Waals surface area contributed by atoms with E-state index in [0.29, 0.717) is 10.5 Å². The van der Waals surface area contributed by atoms with Gasteiger partial charge in [-0.3, -0.25) is 0 Å². The van der Waals surface area contributed by atoms with E-state index in [1.54, 1.807) is 21.7 Å². The van der Waals surface area contributed by atoms with Gasteiger partial charge < -0.3 is 0 Å². The number of hydrogen-bond donors (Lipinski definition) is 0. The molecule has 3 aromatic heterocycles. The van der Waals surface area contributed by atoms with E-state index < -0.39 is 0 Å². The Kier molecular flexibility index (Phi) is 3.04. The van der Waals surface area contributed by atoms with Crippen LogP contribution in [0.1, 0.15) is 4.88 Å². The van der Waals surface area contributed by atoms with Crippen LogP contribution in [-0.4, -0.2) is 0 Å². The SMILES string of the molecule is Cc1cc2c(s1)c1sc([I-]I)cc1[s+]2C. The van der Waals surface area contributed by atoms with Crippen LogP contribution in [-0.2, 0) is 6.26 Å². The van der Waals surface area contributed by atoms with E-state index in [2.05, 4.69) is 43.9 Å². The zero-order valence-corrected chi connectivity index (χ0v) is 14.9. The molecule has 0 aromatic carbocycles. The molecule has 3 aromatic rings. The van der Waals surface area contributed by atoms with Crippen molar-refractivity contribution in [1.29, 1.82) is 0 Å². The molecule has 3 rings (SSSR count). The van der Waals surface area contributed by atoms with Gasteiger partial charge in [-0.05, 0) is 0 Å². The second-order valence-electron chi connectivity index (χ2n) is 3.38. The molecule has 0 aliphatic carbocycles.